The van der Waals surface area contributed by atoms with Gasteiger partial charge in [0.05, 0.1) is 20.2 Å². The molecular formula is C23H21Cl2F4N3O6S. The lowest BCUT2D eigenvalue weighted by molar-refractivity contribution is -0.189. The van der Waals surface area contributed by atoms with Crippen LogP contribution in [0.2, 0.25) is 10.0 Å². The molecule has 39 heavy (non-hydrogen) atoms. The van der Waals surface area contributed by atoms with E-state index in [4.69, 9.17) is 27.9 Å². The van der Waals surface area contributed by atoms with Crippen LogP contribution >= 0.6 is 23.2 Å². The predicted molar refractivity (Wildman–Crippen MR) is 130 cm³/mol. The molecule has 4 rings (SSSR count). The van der Waals surface area contributed by atoms with E-state index >= 15 is 0 Å². The number of carbonyl (C=O) groups is 2. The number of likely N-dealkylation sites (tertiary alicyclic amines) is 1. The smallest absolute Gasteiger partial charge is 0.425 e. The Morgan fingerprint density at radius 1 is 1.28 bits per heavy atom. The zero-order chi connectivity index (χ0) is 28.9. The highest BCUT2D eigenvalue weighted by Crippen LogP contribution is 2.39. The lowest BCUT2D eigenvalue weighted by Gasteiger charge is -2.44. The quantitative estimate of drug-likeness (QED) is 0.454. The van der Waals surface area contributed by atoms with E-state index in [2.05, 4.69) is 10.3 Å². The Morgan fingerprint density at radius 3 is 2.46 bits per heavy atom. The van der Waals surface area contributed by atoms with E-state index in [-0.39, 0.29) is 22.9 Å². The summed E-state index contributed by atoms with van der Waals surface area (Å²) >= 11 is 11.9. The van der Waals surface area contributed by atoms with Gasteiger partial charge in [0, 0.05) is 18.8 Å². The van der Waals surface area contributed by atoms with Crippen molar-refractivity contribution in [1.82, 2.24) is 15.2 Å². The number of hydrogen-bond acceptors (Lipinski definition) is 7. The fourth-order valence-corrected chi connectivity index (χ4v) is 6.93. The molecule has 2 aromatic rings. The van der Waals surface area contributed by atoms with Gasteiger partial charge in [-0.2, -0.15) is 13.2 Å². The number of alkyl halides is 3. The Hall–Kier alpha value is -2.68. The van der Waals surface area contributed by atoms with E-state index in [1.807, 2.05) is 0 Å². The monoisotopic (exact) mass is 613 g/mol. The number of carboxylic acids is 1. The number of halogens is 6. The second kappa shape index (κ2) is 10.4. The summed E-state index contributed by atoms with van der Waals surface area (Å²) in [4.78, 5) is 30.0. The van der Waals surface area contributed by atoms with Crippen LogP contribution in [0.5, 0.6) is 5.75 Å². The van der Waals surface area contributed by atoms with Crippen LogP contribution in [0.3, 0.4) is 0 Å². The van der Waals surface area contributed by atoms with Gasteiger partial charge in [0.1, 0.15) is 28.8 Å². The van der Waals surface area contributed by atoms with Gasteiger partial charge in [-0.05, 0) is 44.5 Å². The highest BCUT2D eigenvalue weighted by molar-refractivity contribution is 7.92. The molecule has 2 saturated heterocycles. The van der Waals surface area contributed by atoms with Gasteiger partial charge in [-0.25, -0.2) is 17.6 Å². The first-order valence-corrected chi connectivity index (χ1v) is 13.8. The molecule has 1 amide bonds. The minimum Gasteiger partial charge on any atom is -0.481 e. The van der Waals surface area contributed by atoms with Gasteiger partial charge in [0.15, 0.2) is 15.9 Å². The molecule has 2 aliphatic heterocycles. The zero-order valence-corrected chi connectivity index (χ0v) is 22.3. The van der Waals surface area contributed by atoms with Crippen molar-refractivity contribution in [3.8, 4) is 5.75 Å². The van der Waals surface area contributed by atoms with Crippen molar-refractivity contribution in [2.24, 2.45) is 0 Å². The van der Waals surface area contributed by atoms with Crippen LogP contribution < -0.4 is 10.1 Å². The second-order valence-electron chi connectivity index (χ2n) is 9.17. The fourth-order valence-electron chi connectivity index (χ4n) is 4.55. The zero-order valence-electron chi connectivity index (χ0n) is 20.0. The van der Waals surface area contributed by atoms with Crippen molar-refractivity contribution in [1.29, 1.82) is 0 Å². The van der Waals surface area contributed by atoms with Gasteiger partial charge in [-0.1, -0.05) is 23.2 Å². The third-order valence-electron chi connectivity index (χ3n) is 6.74. The molecule has 4 atom stereocenters. The lowest BCUT2D eigenvalue weighted by atomic mass is 9.82. The first-order valence-electron chi connectivity index (χ1n) is 11.4. The number of aromatic nitrogens is 1. The number of aliphatic carboxylic acids is 1. The number of nitrogens with zero attached hydrogens (tertiary/aromatic N) is 2. The molecule has 1 aromatic heterocycles. The van der Waals surface area contributed by atoms with E-state index in [1.165, 1.54) is 0 Å². The largest absolute Gasteiger partial charge is 0.481 e. The lowest BCUT2D eigenvalue weighted by Crippen LogP contribution is -2.65. The highest BCUT2D eigenvalue weighted by Gasteiger charge is 2.55. The topological polar surface area (TPSA) is 126 Å². The van der Waals surface area contributed by atoms with Crippen LogP contribution in [0.1, 0.15) is 25.5 Å². The van der Waals surface area contributed by atoms with Crippen molar-refractivity contribution in [2.75, 3.05) is 13.1 Å². The number of benzene rings is 1. The van der Waals surface area contributed by atoms with Gasteiger partial charge < -0.3 is 14.7 Å². The van der Waals surface area contributed by atoms with Crippen LogP contribution in [-0.2, 0) is 25.0 Å². The van der Waals surface area contributed by atoms with Crippen LogP contribution in [0.4, 0.5) is 17.6 Å². The van der Waals surface area contributed by atoms with Gasteiger partial charge >= 0.3 is 12.1 Å². The third-order valence-corrected chi connectivity index (χ3v) is 9.55. The van der Waals surface area contributed by atoms with E-state index in [9.17, 15) is 40.7 Å². The normalized spacial score (nSPS) is 24.2. The molecule has 0 spiro atoms. The molecular weight excluding hydrogens is 593 g/mol. The molecule has 2 fully saturated rings. The first kappa shape index (κ1) is 29.3. The van der Waals surface area contributed by atoms with Crippen LogP contribution in [-0.4, -0.2) is 71.9 Å². The summed E-state index contributed by atoms with van der Waals surface area (Å²) in [7, 11) is -4.38. The number of nitrogens with one attached hydrogen (secondary N) is 1. The number of carbonyl (C=O) groups excluding carboxylic acids is 1. The predicted octanol–water partition coefficient (Wildman–Crippen LogP) is 3.57. The third kappa shape index (κ3) is 5.39. The van der Waals surface area contributed by atoms with Crippen molar-refractivity contribution in [3.05, 3.63) is 52.0 Å². The molecule has 2 aliphatic rings. The van der Waals surface area contributed by atoms with E-state index < -0.39 is 79.5 Å². The summed E-state index contributed by atoms with van der Waals surface area (Å²) in [6.07, 6.45) is -6.16. The number of pyridine rings is 1. The maximum atomic E-state index is 14.7. The van der Waals surface area contributed by atoms with Crippen LogP contribution in [0.25, 0.3) is 0 Å². The summed E-state index contributed by atoms with van der Waals surface area (Å²) in [6, 6.07) is 2.25. The summed E-state index contributed by atoms with van der Waals surface area (Å²) in [5.41, 5.74) is -2.02. The molecule has 0 bridgehead atoms. The number of sulfone groups is 1. The molecule has 0 saturated carbocycles. The molecule has 9 nitrogen and oxygen atoms in total. The van der Waals surface area contributed by atoms with Gasteiger partial charge in [0.2, 0.25) is 5.91 Å². The van der Waals surface area contributed by atoms with Crippen molar-refractivity contribution < 1.29 is 45.4 Å². The molecule has 0 radical (unpaired) electrons. The Bertz CT molecular complexity index is 1420. The highest BCUT2D eigenvalue weighted by atomic mass is 35.5. The summed E-state index contributed by atoms with van der Waals surface area (Å²) in [6.45, 7) is 0.500. The van der Waals surface area contributed by atoms with Gasteiger partial charge in [-0.3, -0.25) is 15.1 Å². The number of rotatable bonds is 7. The van der Waals surface area contributed by atoms with E-state index in [0.717, 1.165) is 42.3 Å². The number of amides is 1. The van der Waals surface area contributed by atoms with E-state index in [0.29, 0.717) is 6.54 Å². The number of ether oxygens (including phenoxy) is 1. The van der Waals surface area contributed by atoms with E-state index in [1.54, 1.807) is 0 Å². The second-order valence-corrected chi connectivity index (χ2v) is 12.2. The molecule has 3 heterocycles. The Morgan fingerprint density at radius 2 is 1.95 bits per heavy atom. The Balaban J connectivity index is 1.62. The number of hydrogen-bond donors (Lipinski definition) is 2. The van der Waals surface area contributed by atoms with Crippen LogP contribution in [0.15, 0.2) is 35.4 Å². The SMILES string of the molecule is CC(Oc1ccc(S(=O)(=O)[C@@H]2C[C@@H](C(=O)O)N(C(=O)C3(c4ncc(Cl)cc4F)CCN3)C2)c(Cl)c1)C(F)(F)F. The maximum Gasteiger partial charge on any atom is 0.425 e. The summed E-state index contributed by atoms with van der Waals surface area (Å²) in [5.74, 6) is -3.57. The molecule has 1 aromatic carbocycles. The van der Waals surface area contributed by atoms with Crippen LogP contribution in [0, 0.1) is 5.82 Å². The summed E-state index contributed by atoms with van der Waals surface area (Å²) in [5, 5.41) is 10.7. The van der Waals surface area contributed by atoms with Crippen molar-refractivity contribution in [3.63, 3.8) is 0 Å². The fraction of sp³-hybridized carbons (Fsp3) is 0.435. The maximum absolute atomic E-state index is 14.7. The van der Waals surface area contributed by atoms with Gasteiger partial charge in [-0.15, -0.1) is 0 Å². The standard InChI is InChI=1S/C23H21Cl2F4N3O6S/c1-11(23(27,28)29)38-13-2-3-18(15(25)7-13)39(36,37)14-8-17(20(33)34)32(10-14)21(35)22(4-5-31-22)19-16(26)6-12(24)9-30-19/h2-3,6-7,9,11,14,17,31H,4-5,8,10H2,1H3,(H,33,34)/t11?,14-,17+,22?/m1/s1. The molecule has 2 unspecified atom stereocenters. The van der Waals surface area contributed by atoms with Gasteiger partial charge in [0.25, 0.3) is 0 Å². The minimum absolute atomic E-state index is 0.0184. The molecule has 212 valence electrons. The molecule has 16 heteroatoms. The average molecular weight is 614 g/mol. The van der Waals surface area contributed by atoms with Crippen molar-refractivity contribution >= 4 is 44.9 Å². The molecule has 2 N–H and O–H groups in total. The summed E-state index contributed by atoms with van der Waals surface area (Å²) < 4.78 is 84.8. The van der Waals surface area contributed by atoms with Crippen molar-refractivity contribution in [2.45, 2.75) is 53.8 Å². The first-order chi connectivity index (χ1) is 18.1. The Labute approximate surface area is 230 Å². The minimum atomic E-state index is -4.67. The molecule has 0 aliphatic carbocycles. The average Bonchev–Trinajstić information content (AvgIpc) is 3.25. The number of carboxylic acid groups (broad SMARTS) is 1. The Kier molecular flexibility index (Phi) is 7.80.